The summed E-state index contributed by atoms with van der Waals surface area (Å²) in [5.74, 6) is 0.809. The number of nitrogens with zero attached hydrogens (tertiary/aromatic N) is 1. The van der Waals surface area contributed by atoms with Crippen molar-refractivity contribution in [2.75, 3.05) is 7.11 Å². The van der Waals surface area contributed by atoms with Gasteiger partial charge in [-0.05, 0) is 29.3 Å². The average molecular weight is 230 g/mol. The maximum Gasteiger partial charge on any atom is 0.211 e. The van der Waals surface area contributed by atoms with Crippen LogP contribution < -0.4 is 4.74 Å². The Morgan fingerprint density at radius 1 is 1.43 bits per heavy atom. The van der Waals surface area contributed by atoms with Crippen LogP contribution in [-0.2, 0) is 6.42 Å². The maximum absolute atomic E-state index is 5.92. The number of ether oxygens (including phenoxy) is 1. The van der Waals surface area contributed by atoms with E-state index in [0.717, 1.165) is 16.9 Å². The summed E-state index contributed by atoms with van der Waals surface area (Å²) >= 11 is 11.8. The Balaban J connectivity index is 2.42. The Kier molecular flexibility index (Phi) is 2.41. The van der Waals surface area contributed by atoms with Gasteiger partial charge in [0.25, 0.3) is 0 Å². The molecule has 0 saturated carbocycles. The Morgan fingerprint density at radius 2 is 2.21 bits per heavy atom. The van der Waals surface area contributed by atoms with Gasteiger partial charge in [-0.15, -0.1) is 0 Å². The molecule has 1 aliphatic rings. The fourth-order valence-corrected chi connectivity index (χ4v) is 1.81. The summed E-state index contributed by atoms with van der Waals surface area (Å²) in [5, 5.41) is 0. The SMILES string of the molecule is COc1ccc2c(c1)CC(Cl)(Cl)N=C2. The Labute approximate surface area is 92.5 Å². The van der Waals surface area contributed by atoms with E-state index in [4.69, 9.17) is 27.9 Å². The summed E-state index contributed by atoms with van der Waals surface area (Å²) in [6.45, 7) is 0. The molecule has 0 aromatic heterocycles. The van der Waals surface area contributed by atoms with E-state index in [1.54, 1.807) is 13.3 Å². The van der Waals surface area contributed by atoms with Crippen LogP contribution in [0.5, 0.6) is 5.75 Å². The first kappa shape index (κ1) is 9.81. The van der Waals surface area contributed by atoms with Crippen LogP contribution in [0.3, 0.4) is 0 Å². The summed E-state index contributed by atoms with van der Waals surface area (Å²) in [5.41, 5.74) is 2.10. The molecule has 1 heterocycles. The number of benzene rings is 1. The van der Waals surface area contributed by atoms with Crippen LogP contribution in [0.4, 0.5) is 0 Å². The zero-order chi connectivity index (χ0) is 10.2. The second kappa shape index (κ2) is 3.44. The molecule has 2 nitrogen and oxygen atoms in total. The Bertz CT molecular complexity index is 388. The molecule has 0 unspecified atom stereocenters. The molecule has 0 spiro atoms. The maximum atomic E-state index is 5.92. The van der Waals surface area contributed by atoms with Crippen LogP contribution in [-0.4, -0.2) is 17.8 Å². The third kappa shape index (κ3) is 1.86. The van der Waals surface area contributed by atoms with Crippen molar-refractivity contribution in [1.82, 2.24) is 0 Å². The van der Waals surface area contributed by atoms with Gasteiger partial charge in [0, 0.05) is 12.6 Å². The quantitative estimate of drug-likeness (QED) is 0.537. The number of aliphatic imine (C=N–C) groups is 1. The summed E-state index contributed by atoms with van der Waals surface area (Å²) < 4.78 is 4.09. The standard InChI is InChI=1S/C10H9Cl2NO/c1-14-9-3-2-7-6-13-10(11,12)5-8(7)4-9/h2-4,6H,5H2,1H3. The van der Waals surface area contributed by atoms with Crippen molar-refractivity contribution in [2.45, 2.75) is 10.9 Å². The number of methoxy groups -OCH3 is 1. The van der Waals surface area contributed by atoms with E-state index < -0.39 is 4.46 Å². The molecule has 1 aromatic carbocycles. The van der Waals surface area contributed by atoms with E-state index in [2.05, 4.69) is 4.99 Å². The van der Waals surface area contributed by atoms with Gasteiger partial charge in [0.2, 0.25) is 4.46 Å². The molecule has 0 atom stereocenters. The molecule has 2 rings (SSSR count). The molecule has 0 saturated heterocycles. The van der Waals surface area contributed by atoms with E-state index in [9.17, 15) is 0 Å². The topological polar surface area (TPSA) is 21.6 Å². The second-order valence-corrected chi connectivity index (χ2v) is 4.61. The highest BCUT2D eigenvalue weighted by Gasteiger charge is 2.27. The van der Waals surface area contributed by atoms with Crippen LogP contribution in [0.2, 0.25) is 0 Å². The molecule has 14 heavy (non-hydrogen) atoms. The van der Waals surface area contributed by atoms with Gasteiger partial charge in [-0.25, -0.2) is 0 Å². The lowest BCUT2D eigenvalue weighted by Crippen LogP contribution is -2.19. The number of alkyl halides is 2. The fourth-order valence-electron chi connectivity index (χ4n) is 1.43. The minimum absolute atomic E-state index is 0.513. The fraction of sp³-hybridized carbons (Fsp3) is 0.300. The number of hydrogen-bond donors (Lipinski definition) is 0. The third-order valence-electron chi connectivity index (χ3n) is 2.15. The normalized spacial score (nSPS) is 17.6. The van der Waals surface area contributed by atoms with Gasteiger partial charge in [0.1, 0.15) is 5.75 Å². The zero-order valence-electron chi connectivity index (χ0n) is 7.63. The predicted octanol–water partition coefficient (Wildman–Crippen LogP) is 2.80. The van der Waals surface area contributed by atoms with E-state index in [0.29, 0.717) is 6.42 Å². The molecule has 0 bridgehead atoms. The van der Waals surface area contributed by atoms with Crippen molar-refractivity contribution in [3.8, 4) is 5.75 Å². The molecule has 1 aromatic rings. The third-order valence-corrected chi connectivity index (χ3v) is 2.61. The van der Waals surface area contributed by atoms with Gasteiger partial charge in [-0.1, -0.05) is 23.2 Å². The van der Waals surface area contributed by atoms with Crippen molar-refractivity contribution in [1.29, 1.82) is 0 Å². The minimum Gasteiger partial charge on any atom is -0.497 e. The molecule has 0 N–H and O–H groups in total. The van der Waals surface area contributed by atoms with Crippen LogP contribution >= 0.6 is 23.2 Å². The van der Waals surface area contributed by atoms with E-state index in [-0.39, 0.29) is 0 Å². The lowest BCUT2D eigenvalue weighted by Gasteiger charge is -2.20. The largest absolute Gasteiger partial charge is 0.497 e. The molecule has 0 fully saturated rings. The first-order valence-corrected chi connectivity index (χ1v) is 4.96. The Hall–Kier alpha value is -0.730. The summed E-state index contributed by atoms with van der Waals surface area (Å²) in [4.78, 5) is 4.02. The molecule has 74 valence electrons. The predicted molar refractivity (Wildman–Crippen MR) is 58.7 cm³/mol. The van der Waals surface area contributed by atoms with Crippen molar-refractivity contribution >= 4 is 29.4 Å². The average Bonchev–Trinajstić information content (AvgIpc) is 2.15. The van der Waals surface area contributed by atoms with E-state index in [1.165, 1.54) is 0 Å². The summed E-state index contributed by atoms with van der Waals surface area (Å²) in [6, 6.07) is 5.76. The van der Waals surface area contributed by atoms with Gasteiger partial charge >= 0.3 is 0 Å². The van der Waals surface area contributed by atoms with Gasteiger partial charge in [0.05, 0.1) is 7.11 Å². The van der Waals surface area contributed by atoms with Crippen molar-refractivity contribution in [3.63, 3.8) is 0 Å². The molecule has 4 heteroatoms. The highest BCUT2D eigenvalue weighted by molar-refractivity contribution is 6.48. The molecular weight excluding hydrogens is 221 g/mol. The minimum atomic E-state index is -1.03. The van der Waals surface area contributed by atoms with Crippen molar-refractivity contribution in [2.24, 2.45) is 4.99 Å². The monoisotopic (exact) mass is 229 g/mol. The van der Waals surface area contributed by atoms with Crippen molar-refractivity contribution < 1.29 is 4.74 Å². The highest BCUT2D eigenvalue weighted by atomic mass is 35.5. The second-order valence-electron chi connectivity index (χ2n) is 3.17. The smallest absolute Gasteiger partial charge is 0.211 e. The van der Waals surface area contributed by atoms with Gasteiger partial charge in [-0.3, -0.25) is 4.99 Å². The molecule has 0 aliphatic carbocycles. The molecular formula is C10H9Cl2NO. The molecule has 1 aliphatic heterocycles. The van der Waals surface area contributed by atoms with Gasteiger partial charge in [-0.2, -0.15) is 0 Å². The lowest BCUT2D eigenvalue weighted by atomic mass is 10.0. The number of fused-ring (bicyclic) bond motifs is 1. The first-order chi connectivity index (χ1) is 6.61. The van der Waals surface area contributed by atoms with Crippen molar-refractivity contribution in [3.05, 3.63) is 29.3 Å². The number of halogens is 2. The van der Waals surface area contributed by atoms with Gasteiger partial charge in [0.15, 0.2) is 0 Å². The Morgan fingerprint density at radius 3 is 2.93 bits per heavy atom. The summed E-state index contributed by atoms with van der Waals surface area (Å²) in [7, 11) is 1.63. The van der Waals surface area contributed by atoms with E-state index in [1.807, 2.05) is 18.2 Å². The van der Waals surface area contributed by atoms with Crippen LogP contribution in [0, 0.1) is 0 Å². The number of rotatable bonds is 1. The lowest BCUT2D eigenvalue weighted by molar-refractivity contribution is 0.414. The molecule has 0 amide bonds. The zero-order valence-corrected chi connectivity index (χ0v) is 9.14. The van der Waals surface area contributed by atoms with Crippen LogP contribution in [0.15, 0.2) is 23.2 Å². The van der Waals surface area contributed by atoms with Gasteiger partial charge < -0.3 is 4.74 Å². The molecule has 0 radical (unpaired) electrons. The van der Waals surface area contributed by atoms with E-state index >= 15 is 0 Å². The van der Waals surface area contributed by atoms with Crippen LogP contribution in [0.25, 0.3) is 0 Å². The summed E-state index contributed by atoms with van der Waals surface area (Å²) in [6.07, 6.45) is 2.21. The first-order valence-electron chi connectivity index (χ1n) is 4.21. The van der Waals surface area contributed by atoms with Crippen LogP contribution in [0.1, 0.15) is 11.1 Å². The number of hydrogen-bond acceptors (Lipinski definition) is 2. The highest BCUT2D eigenvalue weighted by Crippen LogP contribution is 2.33.